The molecule has 0 aliphatic carbocycles. The third kappa shape index (κ3) is 3.19. The van der Waals surface area contributed by atoms with Gasteiger partial charge in [0.25, 0.3) is 5.91 Å². The molecule has 104 valence electrons. The van der Waals surface area contributed by atoms with E-state index in [0.29, 0.717) is 0 Å². The summed E-state index contributed by atoms with van der Waals surface area (Å²) in [7, 11) is 0. The second-order valence-corrected chi connectivity index (χ2v) is 5.13. The zero-order chi connectivity index (χ0) is 14.7. The molecule has 0 unspecified atom stereocenters. The summed E-state index contributed by atoms with van der Waals surface area (Å²) in [5.41, 5.74) is 0.498. The van der Waals surface area contributed by atoms with Gasteiger partial charge in [0.2, 0.25) is 5.95 Å². The fourth-order valence-electron chi connectivity index (χ4n) is 1.70. The van der Waals surface area contributed by atoms with Crippen LogP contribution >= 0.6 is 15.9 Å². The van der Waals surface area contributed by atoms with E-state index in [1.54, 1.807) is 6.92 Å². The van der Waals surface area contributed by atoms with E-state index in [1.165, 1.54) is 0 Å². The number of rotatable bonds is 3. The fraction of sp³-hybridized carbons (Fsp3) is 0.143. The molecule has 0 spiro atoms. The number of pyridine rings is 1. The van der Waals surface area contributed by atoms with Gasteiger partial charge in [-0.3, -0.25) is 4.79 Å². The molecule has 1 heterocycles. The highest BCUT2D eigenvalue weighted by Crippen LogP contribution is 2.17. The van der Waals surface area contributed by atoms with E-state index in [-0.39, 0.29) is 11.6 Å². The summed E-state index contributed by atoms with van der Waals surface area (Å²) in [6, 6.07) is 8.15. The van der Waals surface area contributed by atoms with Crippen molar-refractivity contribution in [2.75, 3.05) is 0 Å². The number of amides is 1. The lowest BCUT2D eigenvalue weighted by molar-refractivity contribution is 0.0934. The number of hydrogen-bond donors (Lipinski definition) is 1. The van der Waals surface area contributed by atoms with Gasteiger partial charge in [-0.15, -0.1) is 0 Å². The molecule has 1 N–H and O–H groups in total. The minimum absolute atomic E-state index is 0.328. The molecule has 0 saturated heterocycles. The van der Waals surface area contributed by atoms with Gasteiger partial charge in [0, 0.05) is 10.7 Å². The van der Waals surface area contributed by atoms with Gasteiger partial charge in [0.1, 0.15) is 0 Å². The molecular formula is C14H11BrF2N2O. The Labute approximate surface area is 123 Å². The van der Waals surface area contributed by atoms with Crippen LogP contribution in [0.3, 0.4) is 0 Å². The summed E-state index contributed by atoms with van der Waals surface area (Å²) in [5, 5.41) is 2.61. The van der Waals surface area contributed by atoms with Crippen LogP contribution in [0.1, 0.15) is 28.9 Å². The molecule has 0 radical (unpaired) electrons. The Morgan fingerprint density at radius 1 is 1.25 bits per heavy atom. The van der Waals surface area contributed by atoms with Crippen LogP contribution in [0.25, 0.3) is 0 Å². The van der Waals surface area contributed by atoms with Crippen LogP contribution in [0.2, 0.25) is 0 Å². The highest BCUT2D eigenvalue weighted by molar-refractivity contribution is 9.10. The normalized spacial score (nSPS) is 12.0. The molecule has 0 aliphatic heterocycles. The van der Waals surface area contributed by atoms with Crippen LogP contribution in [-0.2, 0) is 0 Å². The molecule has 0 aliphatic rings. The molecule has 0 bridgehead atoms. The van der Waals surface area contributed by atoms with E-state index in [4.69, 9.17) is 0 Å². The van der Waals surface area contributed by atoms with Gasteiger partial charge < -0.3 is 5.32 Å². The maximum Gasteiger partial charge on any atom is 0.254 e. The van der Waals surface area contributed by atoms with Gasteiger partial charge in [-0.1, -0.05) is 28.1 Å². The number of carbonyl (C=O) groups excluding carboxylic acids is 1. The predicted octanol–water partition coefficient (Wildman–Crippen LogP) is 3.61. The molecule has 3 nitrogen and oxygen atoms in total. The highest BCUT2D eigenvalue weighted by atomic mass is 79.9. The third-order valence-electron chi connectivity index (χ3n) is 2.81. The summed E-state index contributed by atoms with van der Waals surface area (Å²) in [5.74, 6) is -3.21. The van der Waals surface area contributed by atoms with E-state index in [0.717, 1.165) is 22.3 Å². The zero-order valence-corrected chi connectivity index (χ0v) is 12.1. The minimum atomic E-state index is -1.28. The number of halogens is 3. The van der Waals surface area contributed by atoms with Gasteiger partial charge in [-0.2, -0.15) is 4.39 Å². The van der Waals surface area contributed by atoms with E-state index >= 15 is 0 Å². The molecule has 2 rings (SSSR count). The van der Waals surface area contributed by atoms with Crippen molar-refractivity contribution in [3.05, 3.63) is 63.9 Å². The average molecular weight is 341 g/mol. The monoisotopic (exact) mass is 340 g/mol. The number of aromatic nitrogens is 1. The maximum absolute atomic E-state index is 13.5. The molecule has 0 saturated carbocycles. The van der Waals surface area contributed by atoms with Crippen molar-refractivity contribution in [3.63, 3.8) is 0 Å². The molecule has 2 aromatic rings. The molecule has 0 fully saturated rings. The molecular weight excluding hydrogens is 330 g/mol. The van der Waals surface area contributed by atoms with Crippen LogP contribution in [0.4, 0.5) is 8.78 Å². The standard InChI is InChI=1S/C14H11BrF2N2O/c1-8(9-2-4-10(15)5-3-9)19-14(20)11-6-7-18-13(17)12(11)16/h2-8H,1H3,(H,19,20)/t8-/m1/s1. The smallest absolute Gasteiger partial charge is 0.254 e. The van der Waals surface area contributed by atoms with E-state index in [9.17, 15) is 13.6 Å². The van der Waals surface area contributed by atoms with Crippen LogP contribution < -0.4 is 5.32 Å². The molecule has 1 amide bonds. The van der Waals surface area contributed by atoms with Gasteiger partial charge in [-0.05, 0) is 30.7 Å². The van der Waals surface area contributed by atoms with Gasteiger partial charge in [-0.25, -0.2) is 9.37 Å². The minimum Gasteiger partial charge on any atom is -0.345 e. The van der Waals surface area contributed by atoms with Crippen molar-refractivity contribution < 1.29 is 13.6 Å². The second kappa shape index (κ2) is 6.09. The Hall–Kier alpha value is -1.82. The Bertz CT molecular complexity index is 632. The first-order chi connectivity index (χ1) is 9.49. The summed E-state index contributed by atoms with van der Waals surface area (Å²) < 4.78 is 27.3. The van der Waals surface area contributed by atoms with Crippen molar-refractivity contribution >= 4 is 21.8 Å². The molecule has 6 heteroatoms. The lowest BCUT2D eigenvalue weighted by Crippen LogP contribution is -2.27. The summed E-state index contributed by atoms with van der Waals surface area (Å²) >= 11 is 3.31. The summed E-state index contributed by atoms with van der Waals surface area (Å²) in [6.07, 6.45) is 1.05. The lowest BCUT2D eigenvalue weighted by Gasteiger charge is -2.14. The van der Waals surface area contributed by atoms with Crippen molar-refractivity contribution in [1.29, 1.82) is 0 Å². The Balaban J connectivity index is 2.15. The highest BCUT2D eigenvalue weighted by Gasteiger charge is 2.18. The third-order valence-corrected chi connectivity index (χ3v) is 3.34. The number of nitrogens with one attached hydrogen (secondary N) is 1. The van der Waals surface area contributed by atoms with Crippen molar-refractivity contribution in [2.45, 2.75) is 13.0 Å². The van der Waals surface area contributed by atoms with Crippen LogP contribution in [0, 0.1) is 11.8 Å². The number of hydrogen-bond acceptors (Lipinski definition) is 2. The largest absolute Gasteiger partial charge is 0.345 e. The molecule has 1 aromatic heterocycles. The van der Waals surface area contributed by atoms with Crippen LogP contribution in [0.15, 0.2) is 41.0 Å². The van der Waals surface area contributed by atoms with Crippen molar-refractivity contribution in [3.8, 4) is 0 Å². The second-order valence-electron chi connectivity index (χ2n) is 4.21. The number of nitrogens with zero attached hydrogens (tertiary/aromatic N) is 1. The number of carbonyl (C=O) groups is 1. The summed E-state index contributed by atoms with van der Waals surface area (Å²) in [4.78, 5) is 15.1. The Morgan fingerprint density at radius 3 is 2.55 bits per heavy atom. The lowest BCUT2D eigenvalue weighted by atomic mass is 10.1. The average Bonchev–Trinajstić information content (AvgIpc) is 2.42. The topological polar surface area (TPSA) is 42.0 Å². The zero-order valence-electron chi connectivity index (χ0n) is 10.5. The summed E-state index contributed by atoms with van der Waals surface area (Å²) in [6.45, 7) is 1.76. The van der Waals surface area contributed by atoms with Gasteiger partial charge in [0.15, 0.2) is 5.82 Å². The van der Waals surface area contributed by atoms with E-state index in [2.05, 4.69) is 26.2 Å². The van der Waals surface area contributed by atoms with Crippen molar-refractivity contribution in [2.24, 2.45) is 0 Å². The molecule has 1 aromatic carbocycles. The SMILES string of the molecule is C[C@@H](NC(=O)c1ccnc(F)c1F)c1ccc(Br)cc1. The van der Waals surface area contributed by atoms with E-state index in [1.807, 2.05) is 24.3 Å². The fourth-order valence-corrected chi connectivity index (χ4v) is 1.97. The van der Waals surface area contributed by atoms with Gasteiger partial charge >= 0.3 is 0 Å². The van der Waals surface area contributed by atoms with E-state index < -0.39 is 17.7 Å². The van der Waals surface area contributed by atoms with Gasteiger partial charge in [0.05, 0.1) is 11.6 Å². The predicted molar refractivity (Wildman–Crippen MR) is 74.2 cm³/mol. The van der Waals surface area contributed by atoms with Crippen molar-refractivity contribution in [1.82, 2.24) is 10.3 Å². The Morgan fingerprint density at radius 2 is 1.90 bits per heavy atom. The molecule has 20 heavy (non-hydrogen) atoms. The van der Waals surface area contributed by atoms with Crippen LogP contribution in [0.5, 0.6) is 0 Å². The number of benzene rings is 1. The Kier molecular flexibility index (Phi) is 4.44. The first-order valence-corrected chi connectivity index (χ1v) is 6.64. The first kappa shape index (κ1) is 14.6. The molecule has 1 atom stereocenters. The maximum atomic E-state index is 13.5. The van der Waals surface area contributed by atoms with Crippen LogP contribution in [-0.4, -0.2) is 10.9 Å². The quantitative estimate of drug-likeness (QED) is 0.867. The first-order valence-electron chi connectivity index (χ1n) is 5.85.